The van der Waals surface area contributed by atoms with Gasteiger partial charge in [0.1, 0.15) is 23.9 Å². The highest BCUT2D eigenvalue weighted by Gasteiger charge is 2.51. The van der Waals surface area contributed by atoms with Gasteiger partial charge in [-0.1, -0.05) is 45.0 Å². The van der Waals surface area contributed by atoms with Gasteiger partial charge in [-0.05, 0) is 92.5 Å². The van der Waals surface area contributed by atoms with E-state index in [1.807, 2.05) is 31.2 Å². The molecule has 2 aliphatic rings. The molecule has 0 aliphatic carbocycles. The van der Waals surface area contributed by atoms with Crippen LogP contribution >= 0.6 is 23.6 Å². The number of hydrogen-bond acceptors (Lipinski definition) is 13. The van der Waals surface area contributed by atoms with Crippen LogP contribution in [-0.4, -0.2) is 105 Å². The average molecular weight is 1050 g/mol. The number of Topliss-reactive ketones (excluding diaryl/α,β-unsaturated/α-hetero) is 2. The molecule has 2 saturated heterocycles. The number of alkyl halides is 3. The minimum Gasteiger partial charge on any atom is -0.486 e. The predicted molar refractivity (Wildman–Crippen MR) is 270 cm³/mol. The summed E-state index contributed by atoms with van der Waals surface area (Å²) in [6, 6.07) is 17.2. The van der Waals surface area contributed by atoms with Crippen LogP contribution in [-0.2, 0) is 46.3 Å². The van der Waals surface area contributed by atoms with Gasteiger partial charge in [0, 0.05) is 50.9 Å². The zero-order chi connectivity index (χ0) is 53.8. The first kappa shape index (κ1) is 56.8. The number of halogens is 3. The molecule has 2 atom stereocenters. The second-order valence-corrected chi connectivity index (χ2v) is 19.7. The fourth-order valence-corrected chi connectivity index (χ4v) is 8.96. The third-order valence-electron chi connectivity index (χ3n) is 11.4. The lowest BCUT2D eigenvalue weighted by atomic mass is 10.0. The number of anilines is 2. The third kappa shape index (κ3) is 15.2. The van der Waals surface area contributed by atoms with Gasteiger partial charge in [0.25, 0.3) is 5.91 Å². The number of ether oxygens (including phenoxy) is 1. The molecule has 0 saturated carbocycles. The maximum Gasteiger partial charge on any atom is 0.417 e. The van der Waals surface area contributed by atoms with Crippen LogP contribution in [0, 0.1) is 24.2 Å². The number of nitrogens with one attached hydrogen (secondary N) is 3. The van der Waals surface area contributed by atoms with Crippen LogP contribution < -0.4 is 30.5 Å². The molecule has 0 bridgehead atoms. The number of carbonyl (C=O) groups is 7. The normalized spacial score (nSPS) is 16.1. The number of aliphatic hydroxyl groups is 1. The number of amides is 5. The van der Waals surface area contributed by atoms with Crippen molar-refractivity contribution in [3.63, 3.8) is 0 Å². The van der Waals surface area contributed by atoms with Gasteiger partial charge in [0.15, 0.2) is 16.7 Å². The highest BCUT2D eigenvalue weighted by molar-refractivity contribution is 7.81. The Morgan fingerprint density at radius 1 is 0.904 bits per heavy atom. The average Bonchev–Trinajstić information content (AvgIpc) is 4.01. The smallest absolute Gasteiger partial charge is 0.417 e. The second-order valence-electron chi connectivity index (χ2n) is 18.4. The van der Waals surface area contributed by atoms with Crippen molar-refractivity contribution in [2.75, 3.05) is 36.0 Å². The minimum atomic E-state index is -4.85. The number of aryl methyl sites for hydroxylation is 1. The highest BCUT2D eigenvalue weighted by atomic mass is 32.1. The van der Waals surface area contributed by atoms with Crippen LogP contribution in [0.3, 0.4) is 0 Å². The number of aliphatic hydroxyl groups excluding tert-OH is 1. The number of thiocarbonyl (C=S) groups is 1. The molecule has 0 spiro atoms. The fraction of sp³-hybridized carbons (Fsp3) is 0.412. The molecule has 17 nitrogen and oxygen atoms in total. The summed E-state index contributed by atoms with van der Waals surface area (Å²) in [5, 5.41) is 27.0. The van der Waals surface area contributed by atoms with Crippen molar-refractivity contribution in [1.29, 1.82) is 5.26 Å². The number of hydrogen-bond donors (Lipinski definition) is 4. The molecule has 73 heavy (non-hydrogen) atoms. The molecular formula is C51H57F3N8O9S2. The number of nitriles is 1. The lowest BCUT2D eigenvalue weighted by Gasteiger charge is -2.29. The van der Waals surface area contributed by atoms with Gasteiger partial charge in [-0.15, -0.1) is 11.3 Å². The lowest BCUT2D eigenvalue weighted by Crippen LogP contribution is -2.48. The van der Waals surface area contributed by atoms with Gasteiger partial charge < -0.3 is 35.6 Å². The Morgan fingerprint density at radius 3 is 2.10 bits per heavy atom. The monoisotopic (exact) mass is 1050 g/mol. The van der Waals surface area contributed by atoms with E-state index in [2.05, 4.69) is 41.7 Å². The maximum atomic E-state index is 13.7. The SMILES string of the molecule is CC(C)C.Cc1ncsc1-c1ccc(CNC(=O)C2C[C@H](O)CN2C(=O)CNC(=O)CCC(=O)CNC(=O)CCC(=O)COc2ccc(N3C(=S)N(c4ccc(C#N)c(C(F)(F)F)c4)C(=O)C3(C)C)cc2)cc1. The lowest BCUT2D eigenvalue weighted by molar-refractivity contribution is -0.138. The van der Waals surface area contributed by atoms with Crippen molar-refractivity contribution in [1.82, 2.24) is 25.8 Å². The van der Waals surface area contributed by atoms with Gasteiger partial charge in [-0.25, -0.2) is 4.98 Å². The maximum absolute atomic E-state index is 13.7. The second kappa shape index (κ2) is 25.0. The van der Waals surface area contributed by atoms with Gasteiger partial charge in [0.05, 0.1) is 58.2 Å². The van der Waals surface area contributed by atoms with E-state index in [1.54, 1.807) is 31.5 Å². The molecule has 3 heterocycles. The number of benzene rings is 3. The molecular weight excluding hydrogens is 990 g/mol. The minimum absolute atomic E-state index is 0.0302. The zero-order valence-corrected chi connectivity index (χ0v) is 42.8. The van der Waals surface area contributed by atoms with E-state index < -0.39 is 95.8 Å². The van der Waals surface area contributed by atoms with E-state index >= 15 is 0 Å². The molecule has 5 amide bonds. The standard InChI is InChI=1S/C47H47F3N8O9S2.C4H10/c1-27-42(69-26-55-27)29-6-4-28(5-7-29)21-54-43(65)38-19-35(61)24-56(38)41(64)23-53-40(63)16-12-33(59)22-52-39(62)17-13-34(60)25-67-36-14-10-31(11-15-36)58-45(68)57(44(66)46(58,2)3)32-9-8-30(20-51)37(18-32)47(48,49)50;1-4(2)3/h4-11,14-15,18,26,35,38,61H,12-13,16-17,19,21-25H2,1-3H3,(H,52,62)(H,53,63)(H,54,65);4H,1-3H3/t35-,38?;/m0./s1. The zero-order valence-electron chi connectivity index (χ0n) is 41.1. The molecule has 4 N–H and O–H groups in total. The number of carbonyl (C=O) groups excluding carboxylic acids is 7. The molecule has 1 aromatic heterocycles. The third-order valence-corrected chi connectivity index (χ3v) is 12.7. The largest absolute Gasteiger partial charge is 0.486 e. The summed E-state index contributed by atoms with van der Waals surface area (Å²) in [5.41, 5.74) is 1.65. The summed E-state index contributed by atoms with van der Waals surface area (Å²) in [7, 11) is 0. The van der Waals surface area contributed by atoms with E-state index in [9.17, 15) is 57.1 Å². The Hall–Kier alpha value is -7.09. The summed E-state index contributed by atoms with van der Waals surface area (Å²) in [6.45, 7) is 10.4. The van der Waals surface area contributed by atoms with Crippen LogP contribution in [0.5, 0.6) is 5.75 Å². The van der Waals surface area contributed by atoms with E-state index in [1.165, 1.54) is 45.4 Å². The number of aromatic nitrogens is 1. The Balaban J connectivity index is 0.00000238. The van der Waals surface area contributed by atoms with E-state index in [-0.39, 0.29) is 61.7 Å². The molecule has 1 unspecified atom stereocenters. The molecule has 0 radical (unpaired) electrons. The summed E-state index contributed by atoms with van der Waals surface area (Å²) >= 11 is 7.09. The van der Waals surface area contributed by atoms with Gasteiger partial charge in [-0.2, -0.15) is 18.4 Å². The van der Waals surface area contributed by atoms with Crippen LogP contribution in [0.1, 0.15) is 89.1 Å². The molecule has 388 valence electrons. The Labute approximate surface area is 430 Å². The topological polar surface area (TPSA) is 231 Å². The van der Waals surface area contributed by atoms with Crippen LogP contribution in [0.25, 0.3) is 10.4 Å². The van der Waals surface area contributed by atoms with Gasteiger partial charge >= 0.3 is 6.18 Å². The number of thiazole rings is 1. The summed E-state index contributed by atoms with van der Waals surface area (Å²) in [4.78, 5) is 98.3. The molecule has 22 heteroatoms. The summed E-state index contributed by atoms with van der Waals surface area (Å²) in [5.74, 6) is -2.67. The van der Waals surface area contributed by atoms with Crippen molar-refractivity contribution in [3.8, 4) is 22.3 Å². The first-order valence-electron chi connectivity index (χ1n) is 23.3. The fourth-order valence-electron chi connectivity index (χ4n) is 7.63. The molecule has 2 fully saturated rings. The number of nitrogens with zero attached hydrogens (tertiary/aromatic N) is 5. The molecule has 3 aromatic carbocycles. The van der Waals surface area contributed by atoms with Crippen molar-refractivity contribution in [3.05, 3.63) is 94.6 Å². The number of likely N-dealkylation sites (tertiary alicyclic amines) is 1. The van der Waals surface area contributed by atoms with Crippen LogP contribution in [0.15, 0.2) is 72.2 Å². The Bertz CT molecular complexity index is 2740. The van der Waals surface area contributed by atoms with E-state index in [0.717, 1.165) is 38.6 Å². The van der Waals surface area contributed by atoms with Crippen molar-refractivity contribution >= 4 is 81.1 Å². The highest BCUT2D eigenvalue weighted by Crippen LogP contribution is 2.40. The summed E-state index contributed by atoms with van der Waals surface area (Å²) < 4.78 is 46.6. The van der Waals surface area contributed by atoms with E-state index in [0.29, 0.717) is 11.8 Å². The molecule has 6 rings (SSSR count). The van der Waals surface area contributed by atoms with Crippen molar-refractivity contribution < 1.29 is 56.6 Å². The van der Waals surface area contributed by atoms with E-state index in [4.69, 9.17) is 17.0 Å². The number of β-amino-alcohol motifs (C(OH)–C–C–N with tert-alkyl or cyclic N) is 1. The first-order chi connectivity index (χ1) is 34.4. The Kier molecular flexibility index (Phi) is 19.5. The predicted octanol–water partition coefficient (Wildman–Crippen LogP) is 6.18. The summed E-state index contributed by atoms with van der Waals surface area (Å²) in [6.07, 6.45) is -6.75. The quantitative estimate of drug-likeness (QED) is 0.0771. The van der Waals surface area contributed by atoms with Crippen molar-refractivity contribution in [2.45, 2.75) is 104 Å². The number of rotatable bonds is 19. The van der Waals surface area contributed by atoms with Crippen molar-refractivity contribution in [2.24, 2.45) is 5.92 Å². The van der Waals surface area contributed by atoms with Gasteiger partial charge in [0.2, 0.25) is 23.6 Å². The van der Waals surface area contributed by atoms with Crippen LogP contribution in [0.2, 0.25) is 0 Å². The van der Waals surface area contributed by atoms with Gasteiger partial charge in [-0.3, -0.25) is 38.5 Å². The molecule has 4 aromatic rings. The Morgan fingerprint density at radius 2 is 1.51 bits per heavy atom. The first-order valence-corrected chi connectivity index (χ1v) is 24.5. The van der Waals surface area contributed by atoms with Crippen LogP contribution in [0.4, 0.5) is 24.5 Å². The number of ketones is 2. The molecule has 2 aliphatic heterocycles.